The van der Waals surface area contributed by atoms with Crippen LogP contribution in [0.1, 0.15) is 29.7 Å². The highest BCUT2D eigenvalue weighted by Crippen LogP contribution is 2.38. The summed E-state index contributed by atoms with van der Waals surface area (Å²) in [4.78, 5) is 32.7. The van der Waals surface area contributed by atoms with Crippen LogP contribution in [-0.4, -0.2) is 38.0 Å². The number of carbonyl (C=O) groups excluding carboxylic acids is 1. The fourth-order valence-corrected chi connectivity index (χ4v) is 5.71. The van der Waals surface area contributed by atoms with Gasteiger partial charge in [-0.1, -0.05) is 65.9 Å². The molecule has 4 aromatic rings. The van der Waals surface area contributed by atoms with E-state index in [0.717, 1.165) is 11.3 Å². The van der Waals surface area contributed by atoms with Gasteiger partial charge in [-0.3, -0.25) is 9.36 Å². The van der Waals surface area contributed by atoms with E-state index in [1.165, 1.54) is 30.9 Å². The van der Waals surface area contributed by atoms with Gasteiger partial charge < -0.3 is 18.9 Å². The molecule has 0 N–H and O–H groups in total. The number of methoxy groups -OCH3 is 2. The number of thiazole rings is 1. The lowest BCUT2D eigenvalue weighted by Gasteiger charge is -2.26. The molecule has 1 aliphatic heterocycles. The third kappa shape index (κ3) is 5.55. The van der Waals surface area contributed by atoms with Gasteiger partial charge in [0.1, 0.15) is 5.75 Å². The predicted molar refractivity (Wildman–Crippen MR) is 154 cm³/mol. The Hall–Kier alpha value is -4.77. The fraction of sp³-hybridized carbons (Fsp3) is 0.194. The standard InChI is InChI=1S/C31H26F2N2O6S/c1-4-40-29(37)25-26(18-10-6-5-7-11-18)34-31-35(27(25)20-14-15-22(38-2)23(16-20)39-3)28(36)24(42-31)17-19-12-8-9-13-21(19)41-30(32)33/h5-17,27,30H,4H2,1-3H3/b24-17+/t27-/m0/s1. The second kappa shape index (κ2) is 12.4. The number of rotatable bonds is 9. The summed E-state index contributed by atoms with van der Waals surface area (Å²) >= 11 is 1.07. The number of ether oxygens (including phenoxy) is 4. The zero-order valence-electron chi connectivity index (χ0n) is 22.9. The highest BCUT2D eigenvalue weighted by atomic mass is 32.1. The minimum atomic E-state index is -3.04. The van der Waals surface area contributed by atoms with Crippen LogP contribution in [0.15, 0.2) is 88.2 Å². The van der Waals surface area contributed by atoms with Crippen molar-refractivity contribution in [2.45, 2.75) is 19.6 Å². The van der Waals surface area contributed by atoms with Gasteiger partial charge >= 0.3 is 12.6 Å². The maximum atomic E-state index is 14.0. The van der Waals surface area contributed by atoms with Crippen molar-refractivity contribution in [1.29, 1.82) is 0 Å². The van der Waals surface area contributed by atoms with Crippen molar-refractivity contribution in [3.63, 3.8) is 0 Å². The van der Waals surface area contributed by atoms with E-state index in [0.29, 0.717) is 38.7 Å². The maximum absolute atomic E-state index is 14.0. The van der Waals surface area contributed by atoms with Crippen molar-refractivity contribution < 1.29 is 32.5 Å². The summed E-state index contributed by atoms with van der Waals surface area (Å²) in [6.07, 6.45) is 1.48. The van der Waals surface area contributed by atoms with E-state index in [-0.39, 0.29) is 22.5 Å². The van der Waals surface area contributed by atoms with Gasteiger partial charge in [0.15, 0.2) is 16.3 Å². The Kier molecular flexibility index (Phi) is 8.48. The van der Waals surface area contributed by atoms with Crippen LogP contribution in [0.2, 0.25) is 0 Å². The molecule has 11 heteroatoms. The van der Waals surface area contributed by atoms with Crippen LogP contribution in [0.4, 0.5) is 8.78 Å². The Balaban J connectivity index is 1.83. The molecule has 0 aliphatic carbocycles. The Labute approximate surface area is 243 Å². The van der Waals surface area contributed by atoms with E-state index in [1.54, 1.807) is 43.3 Å². The van der Waals surface area contributed by atoms with E-state index in [9.17, 15) is 18.4 Å². The second-order valence-corrected chi connectivity index (χ2v) is 9.97. The Bertz CT molecular complexity index is 1830. The lowest BCUT2D eigenvalue weighted by molar-refractivity contribution is -0.138. The smallest absolute Gasteiger partial charge is 0.387 e. The number of carbonyl (C=O) groups is 1. The first kappa shape index (κ1) is 28.7. The average molecular weight is 593 g/mol. The topological polar surface area (TPSA) is 88.4 Å². The third-order valence-electron chi connectivity index (χ3n) is 6.52. The van der Waals surface area contributed by atoms with Crippen LogP contribution in [0.25, 0.3) is 11.8 Å². The zero-order valence-corrected chi connectivity index (χ0v) is 23.7. The first-order chi connectivity index (χ1) is 20.4. The summed E-state index contributed by atoms with van der Waals surface area (Å²) in [6, 6.07) is 19.5. The number of hydrogen-bond acceptors (Lipinski definition) is 8. The number of aromatic nitrogens is 1. The Morgan fingerprint density at radius 3 is 2.40 bits per heavy atom. The summed E-state index contributed by atoms with van der Waals surface area (Å²) < 4.78 is 48.8. The van der Waals surface area contributed by atoms with Crippen LogP contribution >= 0.6 is 11.3 Å². The predicted octanol–water partition coefficient (Wildman–Crippen LogP) is 4.55. The van der Waals surface area contributed by atoms with Crippen LogP contribution in [-0.2, 0) is 9.53 Å². The number of nitrogens with zero attached hydrogens (tertiary/aromatic N) is 2. The number of hydrogen-bond donors (Lipinski definition) is 0. The first-order valence-electron chi connectivity index (χ1n) is 12.9. The highest BCUT2D eigenvalue weighted by Gasteiger charge is 2.35. The van der Waals surface area contributed by atoms with Crippen molar-refractivity contribution >= 4 is 29.1 Å². The van der Waals surface area contributed by atoms with Gasteiger partial charge in [0, 0.05) is 11.1 Å². The van der Waals surface area contributed by atoms with E-state index in [4.69, 9.17) is 19.2 Å². The van der Waals surface area contributed by atoms with Crippen LogP contribution in [0.3, 0.4) is 0 Å². The van der Waals surface area contributed by atoms with Gasteiger partial charge in [-0.25, -0.2) is 9.79 Å². The summed E-state index contributed by atoms with van der Waals surface area (Å²) in [5, 5.41) is 0. The molecule has 0 radical (unpaired) electrons. The van der Waals surface area contributed by atoms with E-state index in [2.05, 4.69) is 4.74 Å². The monoisotopic (exact) mass is 592 g/mol. The van der Waals surface area contributed by atoms with Crippen molar-refractivity contribution in [2.75, 3.05) is 20.8 Å². The molecule has 5 rings (SSSR count). The number of benzene rings is 3. The maximum Gasteiger partial charge on any atom is 0.387 e. The molecule has 8 nitrogen and oxygen atoms in total. The molecule has 42 heavy (non-hydrogen) atoms. The van der Waals surface area contributed by atoms with Gasteiger partial charge in [0.2, 0.25) is 0 Å². The number of para-hydroxylation sites is 1. The summed E-state index contributed by atoms with van der Waals surface area (Å²) in [5.41, 5.74) is 1.53. The summed E-state index contributed by atoms with van der Waals surface area (Å²) in [7, 11) is 3.00. The molecule has 216 valence electrons. The summed E-state index contributed by atoms with van der Waals surface area (Å²) in [6.45, 7) is -1.24. The highest BCUT2D eigenvalue weighted by molar-refractivity contribution is 7.07. The minimum Gasteiger partial charge on any atom is -0.493 e. The summed E-state index contributed by atoms with van der Waals surface area (Å²) in [5.74, 6) is 0.155. The molecule has 0 saturated carbocycles. The fourth-order valence-electron chi connectivity index (χ4n) is 4.72. The van der Waals surface area contributed by atoms with Gasteiger partial charge in [-0.15, -0.1) is 0 Å². The molecule has 3 aromatic carbocycles. The molecule has 1 atom stereocenters. The second-order valence-electron chi connectivity index (χ2n) is 8.96. The lowest BCUT2D eigenvalue weighted by Crippen LogP contribution is -2.40. The SMILES string of the molecule is CCOC(=O)C1=C(c2ccccc2)N=c2s/c(=C/c3ccccc3OC(F)F)c(=O)n2[C@H]1c1ccc(OC)c(OC)c1. The van der Waals surface area contributed by atoms with E-state index < -0.39 is 24.2 Å². The average Bonchev–Trinajstić information content (AvgIpc) is 3.31. The van der Waals surface area contributed by atoms with E-state index in [1.807, 2.05) is 30.3 Å². The van der Waals surface area contributed by atoms with E-state index >= 15 is 0 Å². The third-order valence-corrected chi connectivity index (χ3v) is 7.50. The molecule has 1 aromatic heterocycles. The Morgan fingerprint density at radius 2 is 1.71 bits per heavy atom. The zero-order chi connectivity index (χ0) is 29.8. The largest absolute Gasteiger partial charge is 0.493 e. The molecular formula is C31H26F2N2O6S. The van der Waals surface area contributed by atoms with Crippen LogP contribution in [0, 0.1) is 0 Å². The van der Waals surface area contributed by atoms with Crippen molar-refractivity contribution in [1.82, 2.24) is 4.57 Å². The molecular weight excluding hydrogens is 566 g/mol. The van der Waals surface area contributed by atoms with Gasteiger partial charge in [0.05, 0.1) is 42.7 Å². The van der Waals surface area contributed by atoms with Gasteiger partial charge in [-0.05, 0) is 36.8 Å². The first-order valence-corrected chi connectivity index (χ1v) is 13.7. The minimum absolute atomic E-state index is 0.0769. The number of esters is 1. The molecule has 0 unspecified atom stereocenters. The molecule has 1 aliphatic rings. The molecule has 2 heterocycles. The number of fused-ring (bicyclic) bond motifs is 1. The van der Waals surface area contributed by atoms with Crippen LogP contribution in [0.5, 0.6) is 17.2 Å². The Morgan fingerprint density at radius 1 is 1.00 bits per heavy atom. The number of alkyl halides is 2. The molecule has 0 saturated heterocycles. The van der Waals surface area contributed by atoms with Gasteiger partial charge in [0.25, 0.3) is 5.56 Å². The van der Waals surface area contributed by atoms with Crippen molar-refractivity contribution in [3.05, 3.63) is 115 Å². The number of halogens is 2. The molecule has 0 spiro atoms. The van der Waals surface area contributed by atoms with Crippen molar-refractivity contribution in [2.24, 2.45) is 4.99 Å². The quantitative estimate of drug-likeness (QED) is 0.265. The van der Waals surface area contributed by atoms with Crippen LogP contribution < -0.4 is 29.1 Å². The molecule has 0 bridgehead atoms. The van der Waals surface area contributed by atoms with Crippen molar-refractivity contribution in [3.8, 4) is 17.2 Å². The molecule has 0 fully saturated rings. The van der Waals surface area contributed by atoms with Gasteiger partial charge in [-0.2, -0.15) is 8.78 Å². The molecule has 0 amide bonds. The normalized spacial score (nSPS) is 14.8. The lowest BCUT2D eigenvalue weighted by atomic mass is 9.93.